The van der Waals surface area contributed by atoms with Crippen molar-refractivity contribution in [3.8, 4) is 0 Å². The van der Waals surface area contributed by atoms with Crippen LogP contribution < -0.4 is 4.90 Å². The lowest BCUT2D eigenvalue weighted by atomic mass is 9.95. The third kappa shape index (κ3) is 3.50. The van der Waals surface area contributed by atoms with Crippen LogP contribution in [0.1, 0.15) is 43.7 Å². The number of hydrogen-bond donors (Lipinski definition) is 1. The molecule has 0 unspecified atom stereocenters. The Balaban J connectivity index is 1.43. The summed E-state index contributed by atoms with van der Waals surface area (Å²) >= 11 is 0. The number of hydrogen-bond acceptors (Lipinski definition) is 5. The number of aliphatic hydroxyl groups is 1. The summed E-state index contributed by atoms with van der Waals surface area (Å²) < 4.78 is 0. The largest absolute Gasteiger partial charge is 0.396 e. The number of aromatic nitrogens is 2. The highest BCUT2D eigenvalue weighted by Crippen LogP contribution is 2.40. The van der Waals surface area contributed by atoms with Gasteiger partial charge in [0.05, 0.1) is 0 Å². The minimum absolute atomic E-state index is 0.287. The molecule has 0 spiro atoms. The monoisotopic (exact) mass is 316 g/mol. The third-order valence-electron chi connectivity index (χ3n) is 5.75. The number of nitrogens with zero attached hydrogens (tertiary/aromatic N) is 4. The summed E-state index contributed by atoms with van der Waals surface area (Å²) in [6.45, 7) is 5.82. The van der Waals surface area contributed by atoms with Crippen LogP contribution in [0.2, 0.25) is 0 Å². The van der Waals surface area contributed by atoms with Crippen LogP contribution in [-0.2, 0) is 0 Å². The second-order valence-corrected chi connectivity index (χ2v) is 7.54. The van der Waals surface area contributed by atoms with Crippen LogP contribution in [0.5, 0.6) is 0 Å². The molecule has 1 aliphatic carbocycles. The van der Waals surface area contributed by atoms with Crippen molar-refractivity contribution in [2.45, 2.75) is 38.0 Å². The lowest BCUT2D eigenvalue weighted by Gasteiger charge is -2.30. The second kappa shape index (κ2) is 6.73. The maximum atomic E-state index is 9.81. The molecule has 5 heteroatoms. The normalized spacial score (nSPS) is 29.2. The van der Waals surface area contributed by atoms with Crippen LogP contribution in [-0.4, -0.2) is 59.3 Å². The fraction of sp³-hybridized carbons (Fsp3) is 0.778. The predicted octanol–water partition coefficient (Wildman–Crippen LogP) is 1.88. The lowest BCUT2D eigenvalue weighted by Crippen LogP contribution is -2.37. The van der Waals surface area contributed by atoms with Crippen molar-refractivity contribution in [2.75, 3.05) is 44.2 Å². The van der Waals surface area contributed by atoms with Gasteiger partial charge in [-0.2, -0.15) is 0 Å². The Bertz CT molecular complexity index is 528. The van der Waals surface area contributed by atoms with E-state index in [0.717, 1.165) is 25.5 Å². The zero-order chi connectivity index (χ0) is 15.6. The van der Waals surface area contributed by atoms with Gasteiger partial charge in [0.2, 0.25) is 0 Å². The molecule has 0 bridgehead atoms. The molecule has 3 aliphatic rings. The van der Waals surface area contributed by atoms with Crippen LogP contribution in [0.15, 0.2) is 12.4 Å². The zero-order valence-electron chi connectivity index (χ0n) is 13.9. The fourth-order valence-corrected chi connectivity index (χ4v) is 4.15. The molecule has 0 radical (unpaired) electrons. The average Bonchev–Trinajstić information content (AvgIpc) is 3.37. The smallest absolute Gasteiger partial charge is 0.132 e. The Morgan fingerprint density at radius 1 is 1.04 bits per heavy atom. The van der Waals surface area contributed by atoms with Gasteiger partial charge in [-0.15, -0.1) is 0 Å². The first-order valence-electron chi connectivity index (χ1n) is 9.23. The van der Waals surface area contributed by atoms with Crippen molar-refractivity contribution >= 4 is 5.82 Å². The van der Waals surface area contributed by atoms with Gasteiger partial charge in [0, 0.05) is 49.8 Å². The van der Waals surface area contributed by atoms with Gasteiger partial charge < -0.3 is 14.9 Å². The molecule has 1 aromatic rings. The molecule has 1 saturated carbocycles. The summed E-state index contributed by atoms with van der Waals surface area (Å²) in [7, 11) is 0. The second-order valence-electron chi connectivity index (χ2n) is 7.54. The topological polar surface area (TPSA) is 52.5 Å². The predicted molar refractivity (Wildman–Crippen MR) is 90.6 cm³/mol. The minimum Gasteiger partial charge on any atom is -0.396 e. The van der Waals surface area contributed by atoms with Gasteiger partial charge in [-0.25, -0.2) is 9.97 Å². The van der Waals surface area contributed by atoms with Gasteiger partial charge in [0.1, 0.15) is 12.1 Å². The van der Waals surface area contributed by atoms with Crippen molar-refractivity contribution in [3.05, 3.63) is 18.1 Å². The number of aliphatic hydroxyl groups excluding tert-OH is 1. The lowest BCUT2D eigenvalue weighted by molar-refractivity contribution is 0.149. The van der Waals surface area contributed by atoms with Crippen LogP contribution in [0.3, 0.4) is 0 Å². The van der Waals surface area contributed by atoms with Gasteiger partial charge in [-0.05, 0) is 44.7 Å². The highest BCUT2D eigenvalue weighted by Gasteiger charge is 2.35. The summed E-state index contributed by atoms with van der Waals surface area (Å²) in [5.74, 6) is 2.65. The first-order valence-corrected chi connectivity index (χ1v) is 9.23. The molecule has 2 saturated heterocycles. The van der Waals surface area contributed by atoms with Crippen LogP contribution >= 0.6 is 0 Å². The molecule has 2 aliphatic heterocycles. The summed E-state index contributed by atoms with van der Waals surface area (Å²) in [6.07, 6.45) is 8.30. The van der Waals surface area contributed by atoms with Gasteiger partial charge in [0.15, 0.2) is 0 Å². The van der Waals surface area contributed by atoms with E-state index in [9.17, 15) is 5.11 Å². The molecule has 1 N–H and O–H groups in total. The summed E-state index contributed by atoms with van der Waals surface area (Å²) in [6, 6.07) is 2.18. The van der Waals surface area contributed by atoms with E-state index in [2.05, 4.69) is 25.8 Å². The molecule has 1 aromatic heterocycles. The first-order chi connectivity index (χ1) is 11.3. The van der Waals surface area contributed by atoms with Crippen molar-refractivity contribution in [2.24, 2.45) is 11.8 Å². The molecule has 126 valence electrons. The maximum Gasteiger partial charge on any atom is 0.132 e. The van der Waals surface area contributed by atoms with Crippen LogP contribution in [0.25, 0.3) is 0 Å². The number of likely N-dealkylation sites (tertiary alicyclic amines) is 1. The summed E-state index contributed by atoms with van der Waals surface area (Å²) in [5.41, 5.74) is 1.20. The molecular weight excluding hydrogens is 288 g/mol. The quantitative estimate of drug-likeness (QED) is 0.899. The van der Waals surface area contributed by atoms with E-state index in [0.29, 0.717) is 17.8 Å². The van der Waals surface area contributed by atoms with E-state index >= 15 is 0 Å². The third-order valence-corrected chi connectivity index (χ3v) is 5.75. The molecule has 4 rings (SSSR count). The van der Waals surface area contributed by atoms with Crippen LogP contribution in [0.4, 0.5) is 5.82 Å². The van der Waals surface area contributed by atoms with E-state index in [1.165, 1.54) is 50.9 Å². The Morgan fingerprint density at radius 3 is 2.57 bits per heavy atom. The van der Waals surface area contributed by atoms with E-state index < -0.39 is 0 Å². The van der Waals surface area contributed by atoms with Crippen molar-refractivity contribution < 1.29 is 5.11 Å². The van der Waals surface area contributed by atoms with Crippen molar-refractivity contribution in [1.29, 1.82) is 0 Å². The Morgan fingerprint density at radius 2 is 1.83 bits per heavy atom. The van der Waals surface area contributed by atoms with Crippen LogP contribution in [0, 0.1) is 11.8 Å². The van der Waals surface area contributed by atoms with E-state index in [-0.39, 0.29) is 6.61 Å². The standard InChI is InChI=1S/C18H28N4O/c23-12-16-11-22(10-15(16)9-21-6-2-1-3-7-21)18-8-17(14-4-5-14)19-13-20-18/h8,13-16,23H,1-7,9-12H2/t15-,16-/m1/s1. The molecule has 0 aromatic carbocycles. The van der Waals surface area contributed by atoms with Gasteiger partial charge >= 0.3 is 0 Å². The summed E-state index contributed by atoms with van der Waals surface area (Å²) in [4.78, 5) is 13.9. The molecule has 2 atom stereocenters. The fourth-order valence-electron chi connectivity index (χ4n) is 4.15. The minimum atomic E-state index is 0.287. The highest BCUT2D eigenvalue weighted by molar-refractivity contribution is 5.42. The number of piperidine rings is 1. The van der Waals surface area contributed by atoms with Crippen molar-refractivity contribution in [1.82, 2.24) is 14.9 Å². The SMILES string of the molecule is OC[C@H]1CN(c2cc(C3CC3)ncn2)C[C@H]1CN1CCCCC1. The van der Waals surface area contributed by atoms with E-state index in [4.69, 9.17) is 0 Å². The Kier molecular flexibility index (Phi) is 4.49. The molecular formula is C18H28N4O. The van der Waals surface area contributed by atoms with E-state index in [1.807, 2.05) is 0 Å². The highest BCUT2D eigenvalue weighted by atomic mass is 16.3. The molecule has 23 heavy (non-hydrogen) atoms. The average molecular weight is 316 g/mol. The molecule has 3 heterocycles. The molecule has 5 nitrogen and oxygen atoms in total. The molecule has 0 amide bonds. The number of anilines is 1. The maximum absolute atomic E-state index is 9.81. The first kappa shape index (κ1) is 15.3. The molecule has 3 fully saturated rings. The Hall–Kier alpha value is -1.20. The van der Waals surface area contributed by atoms with E-state index in [1.54, 1.807) is 6.33 Å². The van der Waals surface area contributed by atoms with Gasteiger partial charge in [-0.3, -0.25) is 0 Å². The van der Waals surface area contributed by atoms with Gasteiger partial charge in [-0.1, -0.05) is 6.42 Å². The van der Waals surface area contributed by atoms with Gasteiger partial charge in [0.25, 0.3) is 0 Å². The summed E-state index contributed by atoms with van der Waals surface area (Å²) in [5, 5.41) is 9.81. The van der Waals surface area contributed by atoms with Crippen molar-refractivity contribution in [3.63, 3.8) is 0 Å². The Labute approximate surface area is 138 Å². The number of rotatable bonds is 5. The zero-order valence-corrected chi connectivity index (χ0v) is 13.9.